The first-order chi connectivity index (χ1) is 13.7. The molecule has 1 heterocycles. The van der Waals surface area contributed by atoms with Crippen molar-refractivity contribution in [2.45, 2.75) is 25.2 Å². The topological polar surface area (TPSA) is 12.9 Å². The maximum absolute atomic E-state index is 5.12. The number of allylic oxidation sites excluding steroid dienone is 1. The van der Waals surface area contributed by atoms with Gasteiger partial charge in [-0.2, -0.15) is 0 Å². The van der Waals surface area contributed by atoms with Crippen LogP contribution in [0.15, 0.2) is 97.6 Å². The fourth-order valence-electron chi connectivity index (χ4n) is 3.96. The number of hydrogen-bond donors (Lipinski definition) is 0. The third kappa shape index (κ3) is 3.65. The molecule has 140 valence electrons. The van der Waals surface area contributed by atoms with Gasteiger partial charge >= 0.3 is 0 Å². The summed E-state index contributed by atoms with van der Waals surface area (Å²) in [6.45, 7) is 6.45. The normalized spacial score (nSPS) is 12.8. The van der Waals surface area contributed by atoms with Crippen molar-refractivity contribution in [3.8, 4) is 0 Å². The van der Waals surface area contributed by atoms with Crippen molar-refractivity contribution in [2.24, 2.45) is 5.92 Å². The van der Waals surface area contributed by atoms with E-state index in [1.807, 2.05) is 11.3 Å². The van der Waals surface area contributed by atoms with Crippen LogP contribution < -0.4 is 0 Å². The minimum atomic E-state index is -0.131. The molecule has 0 fully saturated rings. The first-order valence-electron chi connectivity index (χ1n) is 9.78. The maximum atomic E-state index is 5.12. The Morgan fingerprint density at radius 3 is 1.93 bits per heavy atom. The molecule has 0 N–H and O–H groups in total. The van der Waals surface area contributed by atoms with E-state index in [1.54, 1.807) is 0 Å². The van der Waals surface area contributed by atoms with Crippen molar-refractivity contribution in [3.05, 3.63) is 114 Å². The van der Waals surface area contributed by atoms with Crippen molar-refractivity contribution in [1.82, 2.24) is 4.98 Å². The Hall–Kier alpha value is -2.71. The van der Waals surface area contributed by atoms with Gasteiger partial charge in [0.05, 0.1) is 10.2 Å². The summed E-state index contributed by atoms with van der Waals surface area (Å²) < 4.78 is 1.25. The van der Waals surface area contributed by atoms with E-state index in [0.29, 0.717) is 0 Å². The van der Waals surface area contributed by atoms with E-state index < -0.39 is 0 Å². The van der Waals surface area contributed by atoms with Crippen molar-refractivity contribution < 1.29 is 0 Å². The zero-order valence-electron chi connectivity index (χ0n) is 16.2. The van der Waals surface area contributed by atoms with Gasteiger partial charge in [-0.05, 0) is 42.0 Å². The lowest BCUT2D eigenvalue weighted by Gasteiger charge is -2.37. The Morgan fingerprint density at radius 2 is 1.39 bits per heavy atom. The molecule has 0 aliphatic rings. The highest BCUT2D eigenvalue weighted by Gasteiger charge is 2.40. The van der Waals surface area contributed by atoms with Crippen LogP contribution in [-0.4, -0.2) is 4.98 Å². The summed E-state index contributed by atoms with van der Waals surface area (Å²) in [6.07, 6.45) is 3.98. The van der Waals surface area contributed by atoms with Gasteiger partial charge < -0.3 is 0 Å². The van der Waals surface area contributed by atoms with Crippen molar-refractivity contribution in [2.75, 3.05) is 0 Å². The monoisotopic (exact) mass is 383 g/mol. The summed E-state index contributed by atoms with van der Waals surface area (Å²) in [7, 11) is 0. The van der Waals surface area contributed by atoms with E-state index in [0.717, 1.165) is 18.4 Å². The van der Waals surface area contributed by atoms with Gasteiger partial charge in [0.15, 0.2) is 0 Å². The SMILES string of the molecule is C=CC(C)C(Cc1ccccc1)(Cc1ccccc1)c1nc2ccccc2s1. The van der Waals surface area contributed by atoms with E-state index in [4.69, 9.17) is 4.98 Å². The van der Waals surface area contributed by atoms with Gasteiger partial charge in [-0.25, -0.2) is 4.98 Å². The van der Waals surface area contributed by atoms with Gasteiger partial charge in [0.2, 0.25) is 0 Å². The Labute approximate surface area is 171 Å². The minimum Gasteiger partial charge on any atom is -0.241 e. The highest BCUT2D eigenvalue weighted by atomic mass is 32.1. The molecule has 1 aromatic heterocycles. The molecule has 1 nitrogen and oxygen atoms in total. The molecular weight excluding hydrogens is 358 g/mol. The molecule has 0 saturated heterocycles. The quantitative estimate of drug-likeness (QED) is 0.318. The van der Waals surface area contributed by atoms with Crippen molar-refractivity contribution in [3.63, 3.8) is 0 Å². The van der Waals surface area contributed by atoms with Gasteiger partial charge in [0.25, 0.3) is 0 Å². The first-order valence-corrected chi connectivity index (χ1v) is 10.6. The summed E-state index contributed by atoms with van der Waals surface area (Å²) >= 11 is 1.83. The molecule has 28 heavy (non-hydrogen) atoms. The smallest absolute Gasteiger partial charge is 0.101 e. The Kier molecular flexibility index (Phi) is 5.40. The average molecular weight is 384 g/mol. The van der Waals surface area contributed by atoms with Crippen LogP contribution in [0.25, 0.3) is 10.2 Å². The molecule has 1 atom stereocenters. The second kappa shape index (κ2) is 8.12. The fraction of sp³-hybridized carbons (Fsp3) is 0.192. The number of para-hydroxylation sites is 1. The van der Waals surface area contributed by atoms with E-state index in [9.17, 15) is 0 Å². The molecule has 0 aliphatic carbocycles. The third-order valence-electron chi connectivity index (χ3n) is 5.67. The molecule has 0 saturated carbocycles. The second-order valence-electron chi connectivity index (χ2n) is 7.49. The summed E-state index contributed by atoms with van der Waals surface area (Å²) in [5.74, 6) is 0.286. The lowest BCUT2D eigenvalue weighted by atomic mass is 9.68. The van der Waals surface area contributed by atoms with Gasteiger partial charge in [-0.3, -0.25) is 0 Å². The number of nitrogens with zero attached hydrogens (tertiary/aromatic N) is 1. The predicted octanol–water partition coefficient (Wildman–Crippen LogP) is 6.84. The van der Waals surface area contributed by atoms with Gasteiger partial charge in [0.1, 0.15) is 5.01 Å². The second-order valence-corrected chi connectivity index (χ2v) is 8.52. The summed E-state index contributed by atoms with van der Waals surface area (Å²) in [6, 6.07) is 30.0. The zero-order valence-corrected chi connectivity index (χ0v) is 17.0. The maximum Gasteiger partial charge on any atom is 0.101 e. The number of thiazole rings is 1. The standard InChI is InChI=1S/C26H25NS/c1-3-20(2)26(18-21-12-6-4-7-13-21,19-22-14-8-5-9-15-22)25-27-23-16-10-11-17-24(23)28-25/h3-17,20H,1,18-19H2,2H3. The Morgan fingerprint density at radius 1 is 0.857 bits per heavy atom. The summed E-state index contributed by atoms with van der Waals surface area (Å²) in [5.41, 5.74) is 3.63. The van der Waals surface area contributed by atoms with Crippen LogP contribution in [0, 0.1) is 5.92 Å². The van der Waals surface area contributed by atoms with Crippen LogP contribution in [-0.2, 0) is 18.3 Å². The summed E-state index contributed by atoms with van der Waals surface area (Å²) in [4.78, 5) is 5.12. The molecule has 0 radical (unpaired) electrons. The van der Waals surface area contributed by atoms with Crippen LogP contribution in [0.2, 0.25) is 0 Å². The third-order valence-corrected chi connectivity index (χ3v) is 6.93. The predicted molar refractivity (Wildman–Crippen MR) is 121 cm³/mol. The number of aromatic nitrogens is 1. The number of hydrogen-bond acceptors (Lipinski definition) is 2. The van der Waals surface area contributed by atoms with Crippen LogP contribution in [0.3, 0.4) is 0 Å². The van der Waals surface area contributed by atoms with Gasteiger partial charge in [0, 0.05) is 5.41 Å². The van der Waals surface area contributed by atoms with Gasteiger partial charge in [-0.15, -0.1) is 17.9 Å². The van der Waals surface area contributed by atoms with Crippen LogP contribution in [0.4, 0.5) is 0 Å². The lowest BCUT2D eigenvalue weighted by Crippen LogP contribution is -2.37. The van der Waals surface area contributed by atoms with E-state index in [-0.39, 0.29) is 11.3 Å². The lowest BCUT2D eigenvalue weighted by molar-refractivity contribution is 0.328. The molecule has 0 bridgehead atoms. The number of benzene rings is 3. The molecule has 3 aromatic carbocycles. The highest BCUT2D eigenvalue weighted by molar-refractivity contribution is 7.18. The van der Waals surface area contributed by atoms with E-state index in [2.05, 4.69) is 105 Å². The summed E-state index contributed by atoms with van der Waals surface area (Å²) in [5, 5.41) is 1.20. The number of fused-ring (bicyclic) bond motifs is 1. The minimum absolute atomic E-state index is 0.131. The highest BCUT2D eigenvalue weighted by Crippen LogP contribution is 2.43. The molecule has 1 unspecified atom stereocenters. The first kappa shape index (κ1) is 18.6. The molecule has 4 rings (SSSR count). The average Bonchev–Trinajstić information content (AvgIpc) is 3.19. The van der Waals surface area contributed by atoms with Crippen molar-refractivity contribution in [1.29, 1.82) is 0 Å². The molecule has 2 heteroatoms. The molecule has 0 spiro atoms. The molecule has 4 aromatic rings. The van der Waals surface area contributed by atoms with Gasteiger partial charge in [-0.1, -0.05) is 85.8 Å². The molecule has 0 amide bonds. The molecule has 0 aliphatic heterocycles. The fourth-order valence-corrected chi connectivity index (χ4v) is 5.21. The number of rotatable bonds is 7. The van der Waals surface area contributed by atoms with E-state index >= 15 is 0 Å². The van der Waals surface area contributed by atoms with Crippen LogP contribution in [0.1, 0.15) is 23.1 Å². The zero-order chi connectivity index (χ0) is 19.4. The van der Waals surface area contributed by atoms with Crippen LogP contribution in [0.5, 0.6) is 0 Å². The van der Waals surface area contributed by atoms with E-state index in [1.165, 1.54) is 20.8 Å². The Balaban J connectivity index is 1.89. The van der Waals surface area contributed by atoms with Crippen molar-refractivity contribution >= 4 is 21.6 Å². The largest absolute Gasteiger partial charge is 0.241 e. The Bertz CT molecular complexity index is 975. The van der Waals surface area contributed by atoms with Crippen LogP contribution >= 0.6 is 11.3 Å². The molecular formula is C26H25NS.